The summed E-state index contributed by atoms with van der Waals surface area (Å²) in [5.41, 5.74) is 4.11. The molecule has 3 rings (SSSR count). The lowest BCUT2D eigenvalue weighted by Crippen LogP contribution is -2.47. The van der Waals surface area contributed by atoms with Crippen LogP contribution in [-0.4, -0.2) is 32.7 Å². The fourth-order valence-corrected chi connectivity index (χ4v) is 2.72. The van der Waals surface area contributed by atoms with Crippen LogP contribution in [0.4, 0.5) is 10.6 Å². The van der Waals surface area contributed by atoms with Gasteiger partial charge in [-0.25, -0.2) is 14.7 Å². The number of hydrogen-bond donors (Lipinski definition) is 5. The number of nitrogens with zero attached hydrogens (tertiary/aromatic N) is 2. The fourth-order valence-electron chi connectivity index (χ4n) is 2.72. The number of aromatic amines is 1. The molecule has 2 heterocycles. The molecule has 10 nitrogen and oxygen atoms in total. The number of nitrogens with two attached hydrogens (primary N) is 1. The molecule has 1 aliphatic rings. The highest BCUT2D eigenvalue weighted by Crippen LogP contribution is 2.21. The van der Waals surface area contributed by atoms with Gasteiger partial charge in [0.2, 0.25) is 5.56 Å². The molecule has 140 valence electrons. The van der Waals surface area contributed by atoms with E-state index in [9.17, 15) is 19.5 Å². The Morgan fingerprint density at radius 1 is 1.42 bits per heavy atom. The number of amides is 3. The van der Waals surface area contributed by atoms with E-state index in [0.717, 1.165) is 17.4 Å². The van der Waals surface area contributed by atoms with Gasteiger partial charge in [-0.2, -0.15) is 4.57 Å². The summed E-state index contributed by atoms with van der Waals surface area (Å²) >= 11 is 0. The van der Waals surface area contributed by atoms with Gasteiger partial charge in [0.25, 0.3) is 5.91 Å². The standard InChI is InChI=1S/C16H22N6O4/c1-16(2,3)7-21-10-6-9(19-15(17)26)20-22(10)14(25)11(13(21)24)12(23)18-8-4-5-8/h6,8H,4-5,7H2,1-3H3,(H5,17,18,19,20,23,24,25,26)/p+1. The normalized spacial score (nSPS) is 14.4. The van der Waals surface area contributed by atoms with Crippen LogP contribution in [0.1, 0.15) is 44.0 Å². The zero-order valence-electron chi connectivity index (χ0n) is 14.9. The number of urea groups is 1. The van der Waals surface area contributed by atoms with Crippen molar-refractivity contribution in [3.8, 4) is 5.88 Å². The number of carbonyl (C=O) groups excluding carboxylic acids is 2. The number of primary amides is 1. The predicted octanol–water partition coefficient (Wildman–Crippen LogP) is 0.0496. The molecule has 0 spiro atoms. The molecule has 0 bridgehead atoms. The number of aromatic nitrogens is 3. The van der Waals surface area contributed by atoms with Gasteiger partial charge in [0.1, 0.15) is 0 Å². The van der Waals surface area contributed by atoms with Crippen molar-refractivity contribution in [1.29, 1.82) is 0 Å². The molecule has 1 fully saturated rings. The number of H-pyrrole nitrogens is 1. The van der Waals surface area contributed by atoms with Gasteiger partial charge in [0.05, 0.1) is 12.6 Å². The molecule has 2 aromatic rings. The second kappa shape index (κ2) is 6.04. The molecule has 0 saturated heterocycles. The van der Waals surface area contributed by atoms with E-state index in [1.165, 1.54) is 10.6 Å². The van der Waals surface area contributed by atoms with Crippen molar-refractivity contribution in [3.05, 3.63) is 22.0 Å². The van der Waals surface area contributed by atoms with E-state index in [2.05, 4.69) is 15.7 Å². The number of anilines is 1. The van der Waals surface area contributed by atoms with Crippen molar-refractivity contribution in [1.82, 2.24) is 14.9 Å². The van der Waals surface area contributed by atoms with Crippen LogP contribution in [0, 0.1) is 5.41 Å². The Bertz CT molecular complexity index is 948. The third-order valence-electron chi connectivity index (χ3n) is 3.94. The molecule has 3 amide bonds. The number of hydrogen-bond acceptors (Lipinski definition) is 4. The summed E-state index contributed by atoms with van der Waals surface area (Å²) in [4.78, 5) is 36.3. The molecular weight excluding hydrogens is 340 g/mol. The van der Waals surface area contributed by atoms with E-state index in [0.29, 0.717) is 12.2 Å². The predicted molar refractivity (Wildman–Crippen MR) is 93.0 cm³/mol. The highest BCUT2D eigenvalue weighted by molar-refractivity contribution is 5.96. The Hall–Kier alpha value is -3.04. The third kappa shape index (κ3) is 3.48. The van der Waals surface area contributed by atoms with E-state index in [-0.39, 0.29) is 22.8 Å². The second-order valence-electron chi connectivity index (χ2n) is 7.75. The summed E-state index contributed by atoms with van der Waals surface area (Å²) in [7, 11) is 0. The lowest BCUT2D eigenvalue weighted by Gasteiger charge is -2.17. The van der Waals surface area contributed by atoms with Crippen molar-refractivity contribution in [3.63, 3.8) is 0 Å². The maximum atomic E-state index is 12.8. The van der Waals surface area contributed by atoms with Crippen LogP contribution in [0.15, 0.2) is 10.9 Å². The quantitative estimate of drug-likeness (QED) is 0.489. The summed E-state index contributed by atoms with van der Waals surface area (Å²) in [5.74, 6) is -0.852. The topological polar surface area (TPSA) is 146 Å². The molecule has 1 saturated carbocycles. The van der Waals surface area contributed by atoms with E-state index in [1.807, 2.05) is 20.8 Å². The van der Waals surface area contributed by atoms with E-state index in [4.69, 9.17) is 5.73 Å². The molecule has 26 heavy (non-hydrogen) atoms. The molecule has 6 N–H and O–H groups in total. The SMILES string of the molecule is CC(C)(C)C[n+]1c(O)c(C(=O)NC2CC2)c(=O)n2[nH]c(NC(N)=O)cc21. The van der Waals surface area contributed by atoms with Crippen molar-refractivity contribution >= 4 is 23.4 Å². The van der Waals surface area contributed by atoms with Gasteiger partial charge in [0.15, 0.2) is 5.82 Å². The fraction of sp³-hybridized carbons (Fsp3) is 0.500. The molecule has 10 heteroatoms. The first-order valence-electron chi connectivity index (χ1n) is 8.34. The smallest absolute Gasteiger partial charge is 0.378 e. The van der Waals surface area contributed by atoms with E-state index < -0.39 is 23.4 Å². The van der Waals surface area contributed by atoms with E-state index in [1.54, 1.807) is 0 Å². The van der Waals surface area contributed by atoms with Crippen LogP contribution in [0.5, 0.6) is 5.88 Å². The van der Waals surface area contributed by atoms with Gasteiger partial charge in [-0.3, -0.25) is 10.1 Å². The zero-order valence-corrected chi connectivity index (χ0v) is 14.9. The van der Waals surface area contributed by atoms with Gasteiger partial charge in [-0.05, 0) is 18.3 Å². The van der Waals surface area contributed by atoms with Gasteiger partial charge in [0, 0.05) is 6.04 Å². The largest absolute Gasteiger partial charge is 0.477 e. The first-order chi connectivity index (χ1) is 12.1. The van der Waals surface area contributed by atoms with E-state index >= 15 is 0 Å². The molecule has 0 radical (unpaired) electrons. The average Bonchev–Trinajstić information content (AvgIpc) is 3.19. The van der Waals surface area contributed by atoms with Crippen LogP contribution in [-0.2, 0) is 6.54 Å². The number of nitrogens with one attached hydrogen (secondary N) is 3. The monoisotopic (exact) mass is 363 g/mol. The zero-order chi connectivity index (χ0) is 19.2. The summed E-state index contributed by atoms with van der Waals surface area (Å²) in [5, 5.41) is 18.4. The Balaban J connectivity index is 2.21. The second-order valence-corrected chi connectivity index (χ2v) is 7.75. The van der Waals surface area contributed by atoms with Crippen LogP contribution in [0.2, 0.25) is 0 Å². The lowest BCUT2D eigenvalue weighted by atomic mass is 9.96. The van der Waals surface area contributed by atoms with Gasteiger partial charge in [-0.15, -0.1) is 0 Å². The van der Waals surface area contributed by atoms with Crippen molar-refractivity contribution in [2.45, 2.75) is 46.2 Å². The molecule has 0 aliphatic heterocycles. The minimum atomic E-state index is -0.803. The summed E-state index contributed by atoms with van der Waals surface area (Å²) < 4.78 is 2.57. The Morgan fingerprint density at radius 2 is 2.08 bits per heavy atom. The Morgan fingerprint density at radius 3 is 2.62 bits per heavy atom. The average molecular weight is 363 g/mol. The number of rotatable bonds is 4. The van der Waals surface area contributed by atoms with Crippen LogP contribution < -0.4 is 26.5 Å². The molecule has 0 atom stereocenters. The minimum Gasteiger partial charge on any atom is -0.477 e. The highest BCUT2D eigenvalue weighted by Gasteiger charge is 2.34. The maximum absolute atomic E-state index is 12.8. The number of carbonyl (C=O) groups is 2. The molecule has 2 aromatic heterocycles. The molecule has 0 aromatic carbocycles. The molecule has 1 aliphatic carbocycles. The Kier molecular flexibility index (Phi) is 4.13. The van der Waals surface area contributed by atoms with Gasteiger partial charge < -0.3 is 16.2 Å². The van der Waals surface area contributed by atoms with Crippen LogP contribution in [0.25, 0.3) is 5.65 Å². The Labute approximate surface area is 149 Å². The number of aromatic hydroxyl groups is 1. The van der Waals surface area contributed by atoms with Crippen LogP contribution in [0.3, 0.4) is 0 Å². The van der Waals surface area contributed by atoms with Crippen molar-refractivity contribution in [2.24, 2.45) is 11.1 Å². The van der Waals surface area contributed by atoms with Crippen LogP contribution >= 0.6 is 0 Å². The van der Waals surface area contributed by atoms with Gasteiger partial charge >= 0.3 is 23.1 Å². The first-order valence-corrected chi connectivity index (χ1v) is 8.34. The summed E-state index contributed by atoms with van der Waals surface area (Å²) in [6.07, 6.45) is 1.71. The third-order valence-corrected chi connectivity index (χ3v) is 3.94. The van der Waals surface area contributed by atoms with Gasteiger partial charge in [-0.1, -0.05) is 25.3 Å². The lowest BCUT2D eigenvalue weighted by molar-refractivity contribution is -0.692. The summed E-state index contributed by atoms with van der Waals surface area (Å²) in [6.45, 7) is 6.21. The minimum absolute atomic E-state index is 0.0359. The maximum Gasteiger partial charge on any atom is 0.378 e. The molecular formula is C16H23N6O4+. The van der Waals surface area contributed by atoms with Crippen molar-refractivity contribution < 1.29 is 19.3 Å². The summed E-state index contributed by atoms with van der Waals surface area (Å²) in [6, 6.07) is 0.705. The molecule has 0 unspecified atom stereocenters. The highest BCUT2D eigenvalue weighted by atomic mass is 16.3. The first kappa shape index (κ1) is 17.8. The number of fused-ring (bicyclic) bond motifs is 1. The van der Waals surface area contributed by atoms with Crippen molar-refractivity contribution in [2.75, 3.05) is 5.32 Å².